The average molecular weight is 423 g/mol. The predicted molar refractivity (Wildman–Crippen MR) is 105 cm³/mol. The molecule has 0 radical (unpaired) electrons. The van der Waals surface area contributed by atoms with Gasteiger partial charge in [0, 0.05) is 22.2 Å². The Balaban J connectivity index is 2.07. The van der Waals surface area contributed by atoms with E-state index in [-0.39, 0.29) is 10.6 Å². The lowest BCUT2D eigenvalue weighted by atomic mass is 9.60. The van der Waals surface area contributed by atoms with Crippen LogP contribution in [-0.2, 0) is 15.0 Å². The van der Waals surface area contributed by atoms with Gasteiger partial charge in [0.1, 0.15) is 17.3 Å². The Kier molecular flexibility index (Phi) is 4.23. The summed E-state index contributed by atoms with van der Waals surface area (Å²) < 4.78 is 15.0. The summed E-state index contributed by atoms with van der Waals surface area (Å²) in [6.07, 6.45) is 0. The first kappa shape index (κ1) is 19.2. The summed E-state index contributed by atoms with van der Waals surface area (Å²) in [5, 5.41) is 16.0. The maximum atomic E-state index is 15.0. The molecule has 0 aromatic heterocycles. The summed E-state index contributed by atoms with van der Waals surface area (Å²) in [7, 11) is 0. The summed E-state index contributed by atoms with van der Waals surface area (Å²) in [6.45, 7) is 3.49. The number of benzene rings is 2. The number of carboxylic acids is 1. The number of carbonyl (C=O) groups is 2. The van der Waals surface area contributed by atoms with E-state index >= 15 is 4.39 Å². The van der Waals surface area contributed by atoms with Crippen molar-refractivity contribution in [2.24, 2.45) is 0 Å². The molecule has 2 heterocycles. The van der Waals surface area contributed by atoms with Gasteiger partial charge in [-0.05, 0) is 43.2 Å². The van der Waals surface area contributed by atoms with Crippen LogP contribution < -0.4 is 10.6 Å². The Morgan fingerprint density at radius 2 is 1.93 bits per heavy atom. The standard InChI is InChI=1S/C20H17Cl2FN2O3/c1-19(2)20(11-7-6-9(21)8-13(11)24-18(20)28)14(16(25-19)17(26)27)10-4-3-5-12(22)15(10)23/h3-8,14,16,25H,1-2H3,(H,24,28)(H,26,27). The molecule has 8 heteroatoms. The van der Waals surface area contributed by atoms with Crippen LogP contribution in [-0.4, -0.2) is 28.6 Å². The molecule has 2 aliphatic rings. The minimum absolute atomic E-state index is 0.0796. The zero-order valence-corrected chi connectivity index (χ0v) is 16.5. The summed E-state index contributed by atoms with van der Waals surface area (Å²) in [4.78, 5) is 25.5. The molecule has 0 saturated carbocycles. The second-order valence-corrected chi connectivity index (χ2v) is 8.50. The molecular weight excluding hydrogens is 406 g/mol. The summed E-state index contributed by atoms with van der Waals surface area (Å²) >= 11 is 12.1. The highest BCUT2D eigenvalue weighted by Crippen LogP contribution is 2.59. The third-order valence-corrected chi connectivity index (χ3v) is 6.42. The third kappa shape index (κ3) is 2.35. The minimum atomic E-state index is -1.37. The van der Waals surface area contributed by atoms with E-state index in [1.807, 2.05) is 0 Å². The van der Waals surface area contributed by atoms with E-state index in [1.54, 1.807) is 38.1 Å². The third-order valence-electron chi connectivity index (χ3n) is 5.90. The van der Waals surface area contributed by atoms with E-state index in [0.717, 1.165) is 0 Å². The number of anilines is 1. The van der Waals surface area contributed by atoms with Crippen molar-refractivity contribution in [3.05, 3.63) is 63.4 Å². The molecule has 3 N–H and O–H groups in total. The minimum Gasteiger partial charge on any atom is -0.480 e. The van der Waals surface area contributed by atoms with Gasteiger partial charge in [0.15, 0.2) is 0 Å². The second kappa shape index (κ2) is 6.17. The molecular formula is C20H17Cl2FN2O3. The summed E-state index contributed by atoms with van der Waals surface area (Å²) in [5.41, 5.74) is -1.23. The van der Waals surface area contributed by atoms with Crippen LogP contribution >= 0.6 is 23.2 Å². The lowest BCUT2D eigenvalue weighted by molar-refractivity contribution is -0.139. The Labute approximate surface area is 170 Å². The molecule has 28 heavy (non-hydrogen) atoms. The number of fused-ring (bicyclic) bond motifs is 2. The summed E-state index contributed by atoms with van der Waals surface area (Å²) in [6, 6.07) is 8.16. The zero-order valence-electron chi connectivity index (χ0n) is 15.0. The molecule has 0 aliphatic carbocycles. The van der Waals surface area contributed by atoms with Crippen molar-refractivity contribution < 1.29 is 19.1 Å². The number of rotatable bonds is 2. The molecule has 1 saturated heterocycles. The fraction of sp³-hybridized carbons (Fsp3) is 0.300. The smallest absolute Gasteiger partial charge is 0.321 e. The number of hydrogen-bond donors (Lipinski definition) is 3. The van der Waals surface area contributed by atoms with Gasteiger partial charge in [-0.15, -0.1) is 0 Å². The molecule has 2 aromatic rings. The quantitative estimate of drug-likeness (QED) is 0.684. The van der Waals surface area contributed by atoms with E-state index in [0.29, 0.717) is 16.3 Å². The highest BCUT2D eigenvalue weighted by Gasteiger charge is 2.69. The van der Waals surface area contributed by atoms with Gasteiger partial charge in [-0.2, -0.15) is 0 Å². The lowest BCUT2D eigenvalue weighted by Gasteiger charge is -2.40. The predicted octanol–water partition coefficient (Wildman–Crippen LogP) is 3.94. The van der Waals surface area contributed by atoms with Crippen molar-refractivity contribution in [3.63, 3.8) is 0 Å². The van der Waals surface area contributed by atoms with Crippen LogP contribution in [0, 0.1) is 5.82 Å². The van der Waals surface area contributed by atoms with Gasteiger partial charge in [0.2, 0.25) is 5.91 Å². The maximum absolute atomic E-state index is 15.0. The number of aliphatic carboxylic acids is 1. The summed E-state index contributed by atoms with van der Waals surface area (Å²) in [5.74, 6) is -3.34. The molecule has 5 nitrogen and oxygen atoms in total. The molecule has 1 amide bonds. The number of amides is 1. The molecule has 0 bridgehead atoms. The van der Waals surface area contributed by atoms with E-state index in [4.69, 9.17) is 23.2 Å². The van der Waals surface area contributed by atoms with Crippen molar-refractivity contribution in [1.82, 2.24) is 5.32 Å². The van der Waals surface area contributed by atoms with Crippen molar-refractivity contribution in [2.45, 2.75) is 36.8 Å². The highest BCUT2D eigenvalue weighted by molar-refractivity contribution is 6.31. The van der Waals surface area contributed by atoms with Crippen LogP contribution in [0.3, 0.4) is 0 Å². The van der Waals surface area contributed by atoms with Gasteiger partial charge in [-0.1, -0.05) is 41.4 Å². The number of hydrogen-bond acceptors (Lipinski definition) is 3. The van der Waals surface area contributed by atoms with Crippen LogP contribution in [0.1, 0.15) is 30.9 Å². The average Bonchev–Trinajstić information content (AvgIpc) is 3.03. The van der Waals surface area contributed by atoms with Crippen molar-refractivity contribution in [2.75, 3.05) is 5.32 Å². The normalized spacial score (nSPS) is 27.7. The van der Waals surface area contributed by atoms with Gasteiger partial charge in [-0.3, -0.25) is 14.9 Å². The Morgan fingerprint density at radius 1 is 1.21 bits per heavy atom. The molecule has 4 rings (SSSR count). The van der Waals surface area contributed by atoms with E-state index in [2.05, 4.69) is 10.6 Å². The lowest BCUT2D eigenvalue weighted by Crippen LogP contribution is -2.55. The van der Waals surface area contributed by atoms with E-state index in [1.165, 1.54) is 12.1 Å². The number of halogens is 3. The molecule has 2 aliphatic heterocycles. The van der Waals surface area contributed by atoms with E-state index in [9.17, 15) is 14.7 Å². The number of carboxylic acid groups (broad SMARTS) is 1. The van der Waals surface area contributed by atoms with Crippen molar-refractivity contribution in [1.29, 1.82) is 0 Å². The van der Waals surface area contributed by atoms with Crippen LogP contribution in [0.25, 0.3) is 0 Å². The van der Waals surface area contributed by atoms with Crippen LogP contribution in [0.15, 0.2) is 36.4 Å². The van der Waals surface area contributed by atoms with Gasteiger partial charge in [0.25, 0.3) is 0 Å². The second-order valence-electron chi connectivity index (χ2n) is 7.66. The largest absolute Gasteiger partial charge is 0.480 e. The molecule has 2 aromatic carbocycles. The highest BCUT2D eigenvalue weighted by atomic mass is 35.5. The first-order valence-electron chi connectivity index (χ1n) is 8.67. The number of nitrogens with one attached hydrogen (secondary N) is 2. The monoisotopic (exact) mass is 422 g/mol. The fourth-order valence-corrected chi connectivity index (χ4v) is 5.19. The fourth-order valence-electron chi connectivity index (χ4n) is 4.84. The molecule has 3 unspecified atom stereocenters. The molecule has 1 spiro atoms. The maximum Gasteiger partial charge on any atom is 0.321 e. The van der Waals surface area contributed by atoms with Gasteiger partial charge in [-0.25, -0.2) is 4.39 Å². The van der Waals surface area contributed by atoms with Crippen molar-refractivity contribution in [3.8, 4) is 0 Å². The first-order valence-corrected chi connectivity index (χ1v) is 9.42. The van der Waals surface area contributed by atoms with Gasteiger partial charge >= 0.3 is 5.97 Å². The number of carbonyl (C=O) groups excluding carboxylic acids is 1. The zero-order chi connectivity index (χ0) is 20.4. The molecule has 3 atom stereocenters. The Morgan fingerprint density at radius 3 is 2.61 bits per heavy atom. The van der Waals surface area contributed by atoms with Gasteiger partial charge < -0.3 is 10.4 Å². The Hall–Kier alpha value is -2.15. The van der Waals surface area contributed by atoms with E-state index < -0.39 is 40.6 Å². The van der Waals surface area contributed by atoms with Crippen LogP contribution in [0.4, 0.5) is 10.1 Å². The SMILES string of the molecule is CC1(C)NC(C(=O)O)C(c2cccc(Cl)c2F)C12C(=O)Nc1cc(Cl)ccc12. The van der Waals surface area contributed by atoms with Crippen molar-refractivity contribution >= 4 is 40.8 Å². The van der Waals surface area contributed by atoms with Crippen LogP contribution in [0.5, 0.6) is 0 Å². The molecule has 1 fully saturated rings. The topological polar surface area (TPSA) is 78.4 Å². The van der Waals surface area contributed by atoms with Gasteiger partial charge in [0.05, 0.1) is 5.02 Å². The Bertz CT molecular complexity index is 1030. The van der Waals surface area contributed by atoms with Crippen LogP contribution in [0.2, 0.25) is 10.0 Å². The molecule has 146 valence electrons. The first-order chi connectivity index (χ1) is 13.1.